The summed E-state index contributed by atoms with van der Waals surface area (Å²) in [5, 5.41) is 2.88. The molecule has 1 aromatic carbocycles. The third kappa shape index (κ3) is 3.10. The van der Waals surface area contributed by atoms with Crippen LogP contribution in [0, 0.1) is 18.6 Å². The van der Waals surface area contributed by atoms with Crippen molar-refractivity contribution in [3.05, 3.63) is 47.5 Å². The molecular weight excluding hydrogens is 248 g/mol. The van der Waals surface area contributed by atoms with E-state index in [1.807, 2.05) is 10.8 Å². The maximum absolute atomic E-state index is 13.7. The highest BCUT2D eigenvalue weighted by Gasteiger charge is 2.08. The number of nitrogens with zero attached hydrogens (tertiary/aromatic N) is 2. The van der Waals surface area contributed by atoms with Gasteiger partial charge in [0.25, 0.3) is 0 Å². The second-order valence-electron chi connectivity index (χ2n) is 4.47. The Bertz CT molecular complexity index is 564. The van der Waals surface area contributed by atoms with Gasteiger partial charge in [-0.15, -0.1) is 0 Å². The lowest BCUT2D eigenvalue weighted by molar-refractivity contribution is 0.593. The fourth-order valence-corrected chi connectivity index (χ4v) is 1.91. The van der Waals surface area contributed by atoms with Crippen LogP contribution in [0.1, 0.15) is 24.7 Å². The number of hydrogen-bond donors (Lipinski definition) is 1. The van der Waals surface area contributed by atoms with E-state index in [1.54, 1.807) is 6.20 Å². The molecule has 0 fully saturated rings. The molecule has 0 amide bonds. The maximum Gasteiger partial charge on any atom is 0.146 e. The van der Waals surface area contributed by atoms with Gasteiger partial charge in [0.05, 0.1) is 12.2 Å². The highest BCUT2D eigenvalue weighted by atomic mass is 19.1. The fraction of sp³-hybridized carbons (Fsp3) is 0.357. The average molecular weight is 265 g/mol. The first-order valence-corrected chi connectivity index (χ1v) is 6.31. The minimum Gasteiger partial charge on any atom is -0.375 e. The molecule has 19 heavy (non-hydrogen) atoms. The van der Waals surface area contributed by atoms with Crippen LogP contribution in [-0.4, -0.2) is 9.55 Å². The molecule has 0 saturated carbocycles. The van der Waals surface area contributed by atoms with E-state index in [1.165, 1.54) is 19.1 Å². The fourth-order valence-electron chi connectivity index (χ4n) is 1.91. The van der Waals surface area contributed by atoms with Crippen LogP contribution in [0.15, 0.2) is 24.5 Å². The van der Waals surface area contributed by atoms with Gasteiger partial charge in [-0.05, 0) is 25.0 Å². The molecule has 0 spiro atoms. The zero-order valence-electron chi connectivity index (χ0n) is 11.1. The van der Waals surface area contributed by atoms with Crippen LogP contribution < -0.4 is 5.32 Å². The van der Waals surface area contributed by atoms with Gasteiger partial charge in [0.2, 0.25) is 0 Å². The summed E-state index contributed by atoms with van der Waals surface area (Å²) in [6, 6.07) is 2.37. The molecule has 1 N–H and O–H groups in total. The molecule has 2 aromatic rings. The molecule has 2 rings (SSSR count). The Morgan fingerprint density at radius 1 is 1.26 bits per heavy atom. The lowest BCUT2D eigenvalue weighted by atomic mass is 10.2. The number of anilines is 1. The lowest BCUT2D eigenvalue weighted by Gasteiger charge is -2.10. The molecule has 1 heterocycles. The summed E-state index contributed by atoms with van der Waals surface area (Å²) >= 11 is 0. The van der Waals surface area contributed by atoms with E-state index in [0.717, 1.165) is 18.8 Å². The molecular formula is C14H17F2N3. The zero-order valence-corrected chi connectivity index (χ0v) is 11.1. The van der Waals surface area contributed by atoms with E-state index in [0.29, 0.717) is 12.1 Å². The molecule has 0 atom stereocenters. The smallest absolute Gasteiger partial charge is 0.146 e. The maximum atomic E-state index is 13.7. The molecule has 0 radical (unpaired) electrons. The van der Waals surface area contributed by atoms with Gasteiger partial charge in [0.15, 0.2) is 0 Å². The summed E-state index contributed by atoms with van der Waals surface area (Å²) in [5.41, 5.74) is 0.463. The van der Waals surface area contributed by atoms with Crippen LogP contribution in [0.3, 0.4) is 0 Å². The largest absolute Gasteiger partial charge is 0.375 e. The number of rotatable bonds is 5. The first-order valence-electron chi connectivity index (χ1n) is 6.31. The van der Waals surface area contributed by atoms with Crippen LogP contribution >= 0.6 is 0 Å². The van der Waals surface area contributed by atoms with Crippen LogP contribution in [0.2, 0.25) is 0 Å². The van der Waals surface area contributed by atoms with Crippen molar-refractivity contribution in [1.29, 1.82) is 0 Å². The molecule has 0 bridgehead atoms. The third-order valence-corrected chi connectivity index (χ3v) is 2.95. The summed E-state index contributed by atoms with van der Waals surface area (Å²) in [4.78, 5) is 4.20. The molecule has 102 valence electrons. The molecule has 0 aliphatic carbocycles. The first kappa shape index (κ1) is 13.5. The van der Waals surface area contributed by atoms with Crippen molar-refractivity contribution in [2.45, 2.75) is 33.4 Å². The van der Waals surface area contributed by atoms with Gasteiger partial charge in [0.1, 0.15) is 17.5 Å². The van der Waals surface area contributed by atoms with Crippen molar-refractivity contribution in [2.75, 3.05) is 5.32 Å². The minimum atomic E-state index is -0.451. The Kier molecular flexibility index (Phi) is 4.14. The van der Waals surface area contributed by atoms with Gasteiger partial charge in [-0.25, -0.2) is 13.8 Å². The summed E-state index contributed by atoms with van der Waals surface area (Å²) in [6.45, 7) is 4.84. The number of aryl methyl sites for hydroxylation is 2. The van der Waals surface area contributed by atoms with Gasteiger partial charge < -0.3 is 9.88 Å². The number of aromatic nitrogens is 2. The Labute approximate surface area is 111 Å². The Morgan fingerprint density at radius 3 is 2.79 bits per heavy atom. The second kappa shape index (κ2) is 5.82. The zero-order chi connectivity index (χ0) is 13.8. The summed E-state index contributed by atoms with van der Waals surface area (Å²) in [6.07, 6.45) is 4.59. The van der Waals surface area contributed by atoms with Gasteiger partial charge in [0, 0.05) is 25.0 Å². The van der Waals surface area contributed by atoms with Crippen LogP contribution in [0.4, 0.5) is 14.5 Å². The van der Waals surface area contributed by atoms with Crippen LogP contribution in [0.5, 0.6) is 0 Å². The number of nitrogens with one attached hydrogen (secondary N) is 1. The molecule has 0 aliphatic heterocycles. The van der Waals surface area contributed by atoms with E-state index in [2.05, 4.69) is 17.2 Å². The third-order valence-electron chi connectivity index (χ3n) is 2.95. The van der Waals surface area contributed by atoms with Gasteiger partial charge >= 0.3 is 0 Å². The van der Waals surface area contributed by atoms with Crippen molar-refractivity contribution < 1.29 is 8.78 Å². The van der Waals surface area contributed by atoms with Crippen molar-refractivity contribution in [1.82, 2.24) is 9.55 Å². The molecule has 0 saturated heterocycles. The van der Waals surface area contributed by atoms with Gasteiger partial charge in [-0.2, -0.15) is 0 Å². The monoisotopic (exact) mass is 265 g/mol. The molecule has 5 heteroatoms. The number of halogens is 2. The number of hydrogen-bond acceptors (Lipinski definition) is 2. The van der Waals surface area contributed by atoms with Crippen molar-refractivity contribution in [3.8, 4) is 0 Å². The molecule has 3 nitrogen and oxygen atoms in total. The van der Waals surface area contributed by atoms with E-state index < -0.39 is 11.6 Å². The Morgan fingerprint density at radius 2 is 2.05 bits per heavy atom. The van der Waals surface area contributed by atoms with Gasteiger partial charge in [-0.3, -0.25) is 0 Å². The number of benzene rings is 1. The van der Waals surface area contributed by atoms with Gasteiger partial charge in [-0.1, -0.05) is 6.92 Å². The molecule has 0 aliphatic rings. The van der Waals surface area contributed by atoms with E-state index in [-0.39, 0.29) is 5.69 Å². The number of imidazole rings is 1. The average Bonchev–Trinajstić information content (AvgIpc) is 2.80. The lowest BCUT2D eigenvalue weighted by Crippen LogP contribution is -2.09. The quantitative estimate of drug-likeness (QED) is 0.896. The van der Waals surface area contributed by atoms with Crippen molar-refractivity contribution in [3.63, 3.8) is 0 Å². The standard InChI is InChI=1S/C14H17F2N3/c1-3-5-19-6-4-17-14(19)9-18-13-8-11(15)10(2)7-12(13)16/h4,6-8,18H,3,5,9H2,1-2H3. The van der Waals surface area contributed by atoms with Crippen LogP contribution in [-0.2, 0) is 13.1 Å². The predicted molar refractivity (Wildman–Crippen MR) is 70.9 cm³/mol. The first-order chi connectivity index (χ1) is 9.11. The highest BCUT2D eigenvalue weighted by Crippen LogP contribution is 2.19. The predicted octanol–water partition coefficient (Wildman–Crippen LogP) is 3.49. The van der Waals surface area contributed by atoms with Crippen molar-refractivity contribution in [2.24, 2.45) is 0 Å². The Balaban J connectivity index is 2.10. The molecule has 1 aromatic heterocycles. The second-order valence-corrected chi connectivity index (χ2v) is 4.47. The summed E-state index contributed by atoms with van der Waals surface area (Å²) in [7, 11) is 0. The normalized spacial score (nSPS) is 10.7. The topological polar surface area (TPSA) is 29.9 Å². The summed E-state index contributed by atoms with van der Waals surface area (Å²) in [5.74, 6) is -0.0597. The van der Waals surface area contributed by atoms with E-state index >= 15 is 0 Å². The van der Waals surface area contributed by atoms with Crippen LogP contribution in [0.25, 0.3) is 0 Å². The van der Waals surface area contributed by atoms with E-state index in [4.69, 9.17) is 0 Å². The SMILES string of the molecule is CCCn1ccnc1CNc1cc(F)c(C)cc1F. The minimum absolute atomic E-state index is 0.161. The summed E-state index contributed by atoms with van der Waals surface area (Å²) < 4.78 is 29.0. The molecule has 0 unspecified atom stereocenters. The highest BCUT2D eigenvalue weighted by molar-refractivity contribution is 5.46. The van der Waals surface area contributed by atoms with Crippen molar-refractivity contribution >= 4 is 5.69 Å². The van der Waals surface area contributed by atoms with E-state index in [9.17, 15) is 8.78 Å². The Hall–Kier alpha value is -1.91.